The van der Waals surface area contributed by atoms with Gasteiger partial charge in [-0.3, -0.25) is 9.59 Å². The predicted molar refractivity (Wildman–Crippen MR) is 85.3 cm³/mol. The van der Waals surface area contributed by atoms with Gasteiger partial charge in [-0.25, -0.2) is 0 Å². The minimum absolute atomic E-state index is 0.101. The second-order valence-corrected chi connectivity index (χ2v) is 5.29. The third-order valence-electron chi connectivity index (χ3n) is 3.43. The third-order valence-corrected chi connectivity index (χ3v) is 3.43. The van der Waals surface area contributed by atoms with E-state index in [0.717, 1.165) is 11.4 Å². The standard InChI is InChI=1S/C17H20N2O3/c1-11-9-16(20)15(10-18-11)17(21)19-12(2)13(3)22-14-7-5-4-6-8-14/h4-10,12-13H,1-3H3,(H,18,20)(H,19,21)/t12-,13-/m0/s1. The van der Waals surface area contributed by atoms with Gasteiger partial charge in [0.1, 0.15) is 17.4 Å². The maximum absolute atomic E-state index is 12.2. The van der Waals surface area contributed by atoms with Crippen LogP contribution < -0.4 is 15.5 Å². The molecule has 0 aliphatic carbocycles. The SMILES string of the molecule is Cc1cc(=O)c(C(=O)N[C@@H](C)[C@H](C)Oc2ccccc2)c[nH]1. The maximum Gasteiger partial charge on any atom is 0.257 e. The van der Waals surface area contributed by atoms with Gasteiger partial charge in [-0.05, 0) is 32.9 Å². The molecule has 2 aromatic rings. The van der Waals surface area contributed by atoms with E-state index < -0.39 is 5.91 Å². The molecular weight excluding hydrogens is 280 g/mol. The Bertz CT molecular complexity index is 695. The third kappa shape index (κ3) is 3.97. The van der Waals surface area contributed by atoms with Crippen LogP contribution in [0.15, 0.2) is 47.4 Å². The first-order chi connectivity index (χ1) is 10.5. The predicted octanol–water partition coefficient (Wildman–Crippen LogP) is 2.27. The number of hydrogen-bond donors (Lipinski definition) is 2. The number of benzene rings is 1. The van der Waals surface area contributed by atoms with Crippen molar-refractivity contribution in [1.29, 1.82) is 0 Å². The molecule has 5 heteroatoms. The first-order valence-corrected chi connectivity index (χ1v) is 7.19. The molecule has 0 fully saturated rings. The fourth-order valence-electron chi connectivity index (χ4n) is 1.97. The molecule has 0 radical (unpaired) electrons. The first kappa shape index (κ1) is 15.8. The number of carbonyl (C=O) groups is 1. The number of nitrogens with one attached hydrogen (secondary N) is 2. The second kappa shape index (κ2) is 6.93. The average Bonchev–Trinajstić information content (AvgIpc) is 2.47. The first-order valence-electron chi connectivity index (χ1n) is 7.19. The smallest absolute Gasteiger partial charge is 0.257 e. The van der Waals surface area contributed by atoms with Gasteiger partial charge < -0.3 is 15.0 Å². The lowest BCUT2D eigenvalue weighted by atomic mass is 10.1. The van der Waals surface area contributed by atoms with E-state index in [1.807, 2.05) is 44.2 Å². The van der Waals surface area contributed by atoms with Crippen molar-refractivity contribution >= 4 is 5.91 Å². The number of rotatable bonds is 5. The zero-order chi connectivity index (χ0) is 16.1. The number of H-pyrrole nitrogens is 1. The Morgan fingerprint density at radius 3 is 2.55 bits per heavy atom. The number of ether oxygens (including phenoxy) is 1. The van der Waals surface area contributed by atoms with Crippen molar-refractivity contribution in [1.82, 2.24) is 10.3 Å². The summed E-state index contributed by atoms with van der Waals surface area (Å²) in [6, 6.07) is 10.6. The summed E-state index contributed by atoms with van der Waals surface area (Å²) >= 11 is 0. The Morgan fingerprint density at radius 2 is 1.91 bits per heavy atom. The fraction of sp³-hybridized carbons (Fsp3) is 0.294. The van der Waals surface area contributed by atoms with Crippen LogP contribution in [0, 0.1) is 6.92 Å². The van der Waals surface area contributed by atoms with Crippen LogP contribution in [0.5, 0.6) is 5.75 Å². The number of para-hydroxylation sites is 1. The Balaban J connectivity index is 2.00. The lowest BCUT2D eigenvalue weighted by Crippen LogP contribution is -2.43. The van der Waals surface area contributed by atoms with Crippen LogP contribution >= 0.6 is 0 Å². The van der Waals surface area contributed by atoms with Crippen molar-refractivity contribution in [3.05, 3.63) is 64.1 Å². The van der Waals surface area contributed by atoms with E-state index in [1.165, 1.54) is 12.3 Å². The monoisotopic (exact) mass is 300 g/mol. The van der Waals surface area contributed by atoms with Crippen LogP contribution in [0.25, 0.3) is 0 Å². The summed E-state index contributed by atoms with van der Waals surface area (Å²) in [6.07, 6.45) is 1.21. The molecule has 22 heavy (non-hydrogen) atoms. The lowest BCUT2D eigenvalue weighted by Gasteiger charge is -2.22. The summed E-state index contributed by atoms with van der Waals surface area (Å²) in [5.41, 5.74) is 0.525. The molecule has 0 spiro atoms. The maximum atomic E-state index is 12.2. The molecule has 0 aliphatic rings. The van der Waals surface area contributed by atoms with Gasteiger partial charge in [0.2, 0.25) is 0 Å². The number of carbonyl (C=O) groups excluding carboxylic acids is 1. The van der Waals surface area contributed by atoms with Crippen LogP contribution in [-0.4, -0.2) is 23.0 Å². The number of amides is 1. The van der Waals surface area contributed by atoms with E-state index in [2.05, 4.69) is 10.3 Å². The van der Waals surface area contributed by atoms with Crippen LogP contribution in [-0.2, 0) is 0 Å². The number of aromatic nitrogens is 1. The molecule has 0 aliphatic heterocycles. The molecule has 1 heterocycles. The molecule has 2 rings (SSSR count). The van der Waals surface area contributed by atoms with Crippen molar-refractivity contribution in [3.8, 4) is 5.75 Å². The van der Waals surface area contributed by atoms with E-state index in [9.17, 15) is 9.59 Å². The van der Waals surface area contributed by atoms with Gasteiger partial charge in [-0.1, -0.05) is 18.2 Å². The van der Waals surface area contributed by atoms with Gasteiger partial charge in [-0.15, -0.1) is 0 Å². The molecular formula is C17H20N2O3. The highest BCUT2D eigenvalue weighted by molar-refractivity contribution is 5.94. The highest BCUT2D eigenvalue weighted by Gasteiger charge is 2.18. The fourth-order valence-corrected chi connectivity index (χ4v) is 1.97. The lowest BCUT2D eigenvalue weighted by molar-refractivity contribution is 0.0892. The van der Waals surface area contributed by atoms with Crippen LogP contribution in [0.4, 0.5) is 0 Å². The Labute approximate surface area is 129 Å². The van der Waals surface area contributed by atoms with Gasteiger partial charge in [0.05, 0.1) is 6.04 Å². The van der Waals surface area contributed by atoms with Gasteiger partial charge >= 0.3 is 0 Å². The van der Waals surface area contributed by atoms with Gasteiger partial charge in [0.15, 0.2) is 5.43 Å². The molecule has 0 unspecified atom stereocenters. The van der Waals surface area contributed by atoms with Crippen molar-refractivity contribution in [2.75, 3.05) is 0 Å². The molecule has 1 amide bonds. The molecule has 2 atom stereocenters. The largest absolute Gasteiger partial charge is 0.489 e. The Kier molecular flexibility index (Phi) is 4.99. The van der Waals surface area contributed by atoms with Gasteiger partial charge in [0, 0.05) is 18.0 Å². The van der Waals surface area contributed by atoms with Crippen molar-refractivity contribution in [3.63, 3.8) is 0 Å². The van der Waals surface area contributed by atoms with Crippen molar-refractivity contribution in [2.24, 2.45) is 0 Å². The highest BCUT2D eigenvalue weighted by atomic mass is 16.5. The number of hydrogen-bond acceptors (Lipinski definition) is 3. The quantitative estimate of drug-likeness (QED) is 0.890. The van der Waals surface area contributed by atoms with Crippen molar-refractivity contribution < 1.29 is 9.53 Å². The summed E-state index contributed by atoms with van der Waals surface area (Å²) in [5.74, 6) is 0.335. The minimum Gasteiger partial charge on any atom is -0.489 e. The number of aromatic amines is 1. The van der Waals surface area contributed by atoms with E-state index in [0.29, 0.717) is 0 Å². The van der Waals surface area contributed by atoms with E-state index in [-0.39, 0.29) is 23.1 Å². The van der Waals surface area contributed by atoms with E-state index >= 15 is 0 Å². The molecule has 1 aromatic carbocycles. The summed E-state index contributed by atoms with van der Waals surface area (Å²) in [7, 11) is 0. The van der Waals surface area contributed by atoms with E-state index in [1.54, 1.807) is 6.92 Å². The summed E-state index contributed by atoms with van der Waals surface area (Å²) < 4.78 is 5.76. The molecule has 5 nitrogen and oxygen atoms in total. The Hall–Kier alpha value is -2.56. The van der Waals surface area contributed by atoms with Crippen molar-refractivity contribution in [2.45, 2.75) is 32.9 Å². The van der Waals surface area contributed by atoms with Gasteiger partial charge in [-0.2, -0.15) is 0 Å². The zero-order valence-electron chi connectivity index (χ0n) is 12.9. The molecule has 1 aromatic heterocycles. The number of aryl methyl sites for hydroxylation is 1. The average molecular weight is 300 g/mol. The van der Waals surface area contributed by atoms with Crippen LogP contribution in [0.3, 0.4) is 0 Å². The number of pyridine rings is 1. The second-order valence-electron chi connectivity index (χ2n) is 5.29. The summed E-state index contributed by atoms with van der Waals surface area (Å²) in [6.45, 7) is 5.48. The molecule has 0 saturated heterocycles. The van der Waals surface area contributed by atoms with Gasteiger partial charge in [0.25, 0.3) is 5.91 Å². The molecule has 116 valence electrons. The topological polar surface area (TPSA) is 71.2 Å². The van der Waals surface area contributed by atoms with Crippen LogP contribution in [0.1, 0.15) is 29.9 Å². The molecule has 0 bridgehead atoms. The Morgan fingerprint density at radius 1 is 1.23 bits per heavy atom. The summed E-state index contributed by atoms with van der Waals surface area (Å²) in [4.78, 5) is 26.8. The highest BCUT2D eigenvalue weighted by Crippen LogP contribution is 2.12. The summed E-state index contributed by atoms with van der Waals surface area (Å²) in [5, 5.41) is 2.79. The molecule has 0 saturated carbocycles. The zero-order valence-corrected chi connectivity index (χ0v) is 12.9. The van der Waals surface area contributed by atoms with Crippen LogP contribution in [0.2, 0.25) is 0 Å². The normalized spacial score (nSPS) is 13.2. The minimum atomic E-state index is -0.405. The van der Waals surface area contributed by atoms with E-state index in [4.69, 9.17) is 4.74 Å². The molecule has 2 N–H and O–H groups in total.